The molecule has 26 heavy (non-hydrogen) atoms. The molecule has 1 aromatic carbocycles. The van der Waals surface area contributed by atoms with Crippen LogP contribution in [0.4, 0.5) is 5.69 Å². The first-order valence-electron chi connectivity index (χ1n) is 8.45. The number of nitrogens with zero attached hydrogens (tertiary/aromatic N) is 1. The molecule has 0 aliphatic carbocycles. The molecule has 1 N–H and O–H groups in total. The Hall–Kier alpha value is -2.31. The molecule has 3 aromatic rings. The van der Waals surface area contributed by atoms with Gasteiger partial charge in [-0.25, -0.2) is 0 Å². The van der Waals surface area contributed by atoms with Crippen LogP contribution in [0.1, 0.15) is 9.75 Å². The third-order valence-corrected chi connectivity index (χ3v) is 5.77. The van der Waals surface area contributed by atoms with Gasteiger partial charge in [-0.1, -0.05) is 12.1 Å². The maximum absolute atomic E-state index is 12.4. The van der Waals surface area contributed by atoms with E-state index < -0.39 is 0 Å². The van der Waals surface area contributed by atoms with Gasteiger partial charge in [-0.15, -0.1) is 22.7 Å². The second kappa shape index (κ2) is 9.40. The third-order valence-electron chi connectivity index (χ3n) is 3.97. The van der Waals surface area contributed by atoms with Gasteiger partial charge in [0, 0.05) is 22.0 Å². The fourth-order valence-corrected chi connectivity index (χ4v) is 4.06. The zero-order valence-electron chi connectivity index (χ0n) is 14.7. The highest BCUT2D eigenvalue weighted by molar-refractivity contribution is 7.10. The molecule has 4 nitrogen and oxygen atoms in total. The number of nitrogens with one attached hydrogen (secondary N) is 1. The van der Waals surface area contributed by atoms with E-state index in [1.807, 2.05) is 36.4 Å². The van der Waals surface area contributed by atoms with Crippen molar-refractivity contribution in [2.45, 2.75) is 13.0 Å². The summed E-state index contributed by atoms with van der Waals surface area (Å²) in [6.07, 6.45) is 0.872. The molecule has 2 heterocycles. The molecular formula is C20H22N2O2S2. The second-order valence-electron chi connectivity index (χ2n) is 5.81. The van der Waals surface area contributed by atoms with Gasteiger partial charge in [0.2, 0.25) is 5.91 Å². The highest BCUT2D eigenvalue weighted by atomic mass is 32.1. The SMILES string of the molecule is COc1ccc(N(CC(=O)NCCc2cccs2)Cc2cccs2)cc1. The topological polar surface area (TPSA) is 41.6 Å². The van der Waals surface area contributed by atoms with Crippen molar-refractivity contribution < 1.29 is 9.53 Å². The number of anilines is 1. The van der Waals surface area contributed by atoms with Gasteiger partial charge in [-0.2, -0.15) is 0 Å². The fraction of sp³-hybridized carbons (Fsp3) is 0.250. The number of carbonyl (C=O) groups is 1. The zero-order valence-corrected chi connectivity index (χ0v) is 16.3. The van der Waals surface area contributed by atoms with E-state index in [-0.39, 0.29) is 5.91 Å². The summed E-state index contributed by atoms with van der Waals surface area (Å²) in [6.45, 7) is 1.70. The Morgan fingerprint density at radius 1 is 1.04 bits per heavy atom. The minimum absolute atomic E-state index is 0.0360. The van der Waals surface area contributed by atoms with Crippen molar-refractivity contribution in [1.29, 1.82) is 0 Å². The standard InChI is InChI=1S/C20H22N2O2S2/c1-24-17-8-6-16(7-9-17)22(14-19-5-3-13-26-19)15-20(23)21-11-10-18-4-2-12-25-18/h2-9,12-13H,10-11,14-15H2,1H3,(H,21,23). The Labute approximate surface area is 162 Å². The molecule has 0 radical (unpaired) electrons. The van der Waals surface area contributed by atoms with Gasteiger partial charge in [-0.3, -0.25) is 4.79 Å². The van der Waals surface area contributed by atoms with E-state index in [0.29, 0.717) is 19.6 Å². The number of hydrogen-bond acceptors (Lipinski definition) is 5. The van der Waals surface area contributed by atoms with Crippen molar-refractivity contribution in [1.82, 2.24) is 5.32 Å². The van der Waals surface area contributed by atoms with Crippen molar-refractivity contribution in [2.24, 2.45) is 0 Å². The maximum atomic E-state index is 12.4. The molecule has 0 aliphatic heterocycles. The molecule has 6 heteroatoms. The molecule has 0 aliphatic rings. The van der Waals surface area contributed by atoms with Crippen LogP contribution in [0.15, 0.2) is 59.3 Å². The lowest BCUT2D eigenvalue weighted by atomic mass is 10.2. The van der Waals surface area contributed by atoms with Crippen LogP contribution in [0.2, 0.25) is 0 Å². The summed E-state index contributed by atoms with van der Waals surface area (Å²) in [5.74, 6) is 0.846. The largest absolute Gasteiger partial charge is 0.497 e. The number of carbonyl (C=O) groups excluding carboxylic acids is 1. The van der Waals surface area contributed by atoms with E-state index in [4.69, 9.17) is 4.74 Å². The van der Waals surface area contributed by atoms with E-state index in [9.17, 15) is 4.79 Å². The number of hydrogen-bond donors (Lipinski definition) is 1. The molecule has 0 fully saturated rings. The second-order valence-corrected chi connectivity index (χ2v) is 7.88. The average molecular weight is 387 g/mol. The van der Waals surface area contributed by atoms with Gasteiger partial charge in [0.1, 0.15) is 5.75 Å². The van der Waals surface area contributed by atoms with Gasteiger partial charge in [0.05, 0.1) is 20.2 Å². The van der Waals surface area contributed by atoms with Crippen LogP contribution < -0.4 is 15.0 Å². The third kappa shape index (κ3) is 5.34. The molecule has 0 atom stereocenters. The molecule has 3 rings (SSSR count). The lowest BCUT2D eigenvalue weighted by molar-refractivity contribution is -0.119. The molecule has 0 saturated carbocycles. The minimum atomic E-state index is 0.0360. The predicted octanol–water partition coefficient (Wildman–Crippen LogP) is 4.18. The van der Waals surface area contributed by atoms with E-state index in [2.05, 4.69) is 33.1 Å². The summed E-state index contributed by atoms with van der Waals surface area (Å²) < 4.78 is 5.23. The van der Waals surface area contributed by atoms with Crippen LogP contribution in [0.3, 0.4) is 0 Å². The lowest BCUT2D eigenvalue weighted by Crippen LogP contribution is -2.37. The van der Waals surface area contributed by atoms with Crippen LogP contribution in [0.5, 0.6) is 5.75 Å². The van der Waals surface area contributed by atoms with Gasteiger partial charge in [0.15, 0.2) is 0 Å². The molecule has 1 amide bonds. The number of rotatable bonds is 9. The molecule has 2 aromatic heterocycles. The smallest absolute Gasteiger partial charge is 0.239 e. The van der Waals surface area contributed by atoms with Crippen LogP contribution in [0, 0.1) is 0 Å². The minimum Gasteiger partial charge on any atom is -0.497 e. The number of benzene rings is 1. The molecule has 0 bridgehead atoms. The van der Waals surface area contributed by atoms with E-state index in [0.717, 1.165) is 17.9 Å². The number of methoxy groups -OCH3 is 1. The normalized spacial score (nSPS) is 10.5. The Morgan fingerprint density at radius 2 is 1.73 bits per heavy atom. The Morgan fingerprint density at radius 3 is 2.35 bits per heavy atom. The first kappa shape index (κ1) is 18.5. The lowest BCUT2D eigenvalue weighted by Gasteiger charge is -2.24. The molecule has 0 saturated heterocycles. The first-order valence-corrected chi connectivity index (χ1v) is 10.2. The fourth-order valence-electron chi connectivity index (χ4n) is 2.63. The Kier molecular flexibility index (Phi) is 6.68. The number of amides is 1. The summed E-state index contributed by atoms with van der Waals surface area (Å²) in [5.41, 5.74) is 1.01. The zero-order chi connectivity index (χ0) is 18.2. The van der Waals surface area contributed by atoms with Crippen LogP contribution in [0.25, 0.3) is 0 Å². The molecular weight excluding hydrogens is 364 g/mol. The van der Waals surface area contributed by atoms with Crippen LogP contribution in [-0.2, 0) is 17.8 Å². The van der Waals surface area contributed by atoms with Gasteiger partial charge in [0.25, 0.3) is 0 Å². The van der Waals surface area contributed by atoms with Crippen molar-refractivity contribution in [3.8, 4) is 5.75 Å². The van der Waals surface area contributed by atoms with E-state index >= 15 is 0 Å². The van der Waals surface area contributed by atoms with Crippen LogP contribution in [-0.4, -0.2) is 26.1 Å². The van der Waals surface area contributed by atoms with E-state index in [1.54, 1.807) is 29.8 Å². The monoisotopic (exact) mass is 386 g/mol. The predicted molar refractivity (Wildman–Crippen MR) is 109 cm³/mol. The first-order chi connectivity index (χ1) is 12.7. The van der Waals surface area contributed by atoms with Crippen LogP contribution >= 0.6 is 22.7 Å². The summed E-state index contributed by atoms with van der Waals surface area (Å²) in [7, 11) is 1.65. The molecule has 0 unspecified atom stereocenters. The molecule has 0 spiro atoms. The van der Waals surface area contributed by atoms with Gasteiger partial charge in [-0.05, 0) is 53.6 Å². The summed E-state index contributed by atoms with van der Waals surface area (Å²) in [4.78, 5) is 17.0. The van der Waals surface area contributed by atoms with Crippen molar-refractivity contribution in [2.75, 3.05) is 25.1 Å². The summed E-state index contributed by atoms with van der Waals surface area (Å²) in [6, 6.07) is 16.1. The van der Waals surface area contributed by atoms with E-state index in [1.165, 1.54) is 9.75 Å². The van der Waals surface area contributed by atoms with Crippen molar-refractivity contribution >= 4 is 34.3 Å². The summed E-state index contributed by atoms with van der Waals surface area (Å²) >= 11 is 3.42. The Bertz CT molecular complexity index is 784. The van der Waals surface area contributed by atoms with Gasteiger partial charge >= 0.3 is 0 Å². The summed E-state index contributed by atoms with van der Waals surface area (Å²) in [5, 5.41) is 7.15. The van der Waals surface area contributed by atoms with Crippen molar-refractivity contribution in [3.05, 3.63) is 69.0 Å². The number of ether oxygens (including phenoxy) is 1. The highest BCUT2D eigenvalue weighted by Gasteiger charge is 2.13. The Balaban J connectivity index is 1.61. The highest BCUT2D eigenvalue weighted by Crippen LogP contribution is 2.22. The quantitative estimate of drug-likeness (QED) is 0.600. The molecule has 136 valence electrons. The van der Waals surface area contributed by atoms with Crippen molar-refractivity contribution in [3.63, 3.8) is 0 Å². The number of thiophene rings is 2. The van der Waals surface area contributed by atoms with Gasteiger partial charge < -0.3 is 15.0 Å². The maximum Gasteiger partial charge on any atom is 0.239 e. The average Bonchev–Trinajstić information content (AvgIpc) is 3.35.